The van der Waals surface area contributed by atoms with Crippen LogP contribution in [0.25, 0.3) is 74.7 Å². The lowest BCUT2D eigenvalue weighted by Crippen LogP contribution is -1.87. The molecule has 0 unspecified atom stereocenters. The molecule has 0 spiro atoms. The third-order valence-electron chi connectivity index (χ3n) is 7.87. The van der Waals surface area contributed by atoms with Crippen LogP contribution < -0.4 is 0 Å². The molecule has 1 heterocycles. The van der Waals surface area contributed by atoms with Gasteiger partial charge in [0.1, 0.15) is 0 Å². The first-order valence-corrected chi connectivity index (χ1v) is 13.9. The van der Waals surface area contributed by atoms with E-state index in [2.05, 4.69) is 134 Å². The van der Waals surface area contributed by atoms with Crippen molar-refractivity contribution >= 4 is 63.8 Å². The number of fused-ring (bicyclic) bond motifs is 9. The molecule has 8 rings (SSSR count). The van der Waals surface area contributed by atoms with E-state index in [1.165, 1.54) is 80.3 Å². The van der Waals surface area contributed by atoms with E-state index in [-0.39, 0.29) is 0 Å². The van der Waals surface area contributed by atoms with Gasteiger partial charge in [0.2, 0.25) is 0 Å². The van der Waals surface area contributed by atoms with Crippen LogP contribution in [-0.4, -0.2) is 0 Å². The number of hydrogen-bond donors (Lipinski definition) is 0. The van der Waals surface area contributed by atoms with E-state index in [0.29, 0.717) is 0 Å². The topological polar surface area (TPSA) is 0 Å². The smallest absolute Gasteiger partial charge is 0.0361 e. The zero-order valence-electron chi connectivity index (χ0n) is 21.0. The van der Waals surface area contributed by atoms with Gasteiger partial charge in [0.05, 0.1) is 0 Å². The minimum atomic E-state index is 1.26. The number of hydrogen-bond acceptors (Lipinski definition) is 1. The molecule has 0 N–H and O–H groups in total. The molecule has 38 heavy (non-hydrogen) atoms. The van der Waals surface area contributed by atoms with Crippen molar-refractivity contribution in [2.45, 2.75) is 6.92 Å². The third kappa shape index (κ3) is 3.29. The highest BCUT2D eigenvalue weighted by molar-refractivity contribution is 7.25. The highest BCUT2D eigenvalue weighted by Gasteiger charge is 2.12. The van der Waals surface area contributed by atoms with E-state index in [4.69, 9.17) is 0 Å². The summed E-state index contributed by atoms with van der Waals surface area (Å²) >= 11 is 1.88. The number of aryl methyl sites for hydroxylation is 1. The number of thiophene rings is 1. The van der Waals surface area contributed by atoms with Crippen LogP contribution in [0.15, 0.2) is 127 Å². The highest BCUT2D eigenvalue weighted by atomic mass is 32.1. The maximum absolute atomic E-state index is 2.39. The molecule has 1 aromatic heterocycles. The quantitative estimate of drug-likeness (QED) is 0.207. The summed E-state index contributed by atoms with van der Waals surface area (Å²) in [5.41, 5.74) is 6.33. The maximum atomic E-state index is 2.39. The van der Waals surface area contributed by atoms with Gasteiger partial charge < -0.3 is 0 Å². The van der Waals surface area contributed by atoms with Gasteiger partial charge in [0.25, 0.3) is 0 Å². The molecule has 0 bridgehead atoms. The van der Waals surface area contributed by atoms with Gasteiger partial charge in [-0.1, -0.05) is 103 Å². The summed E-state index contributed by atoms with van der Waals surface area (Å²) in [5.74, 6) is 0. The van der Waals surface area contributed by atoms with Crippen molar-refractivity contribution in [3.05, 3.63) is 133 Å². The average molecular weight is 501 g/mol. The summed E-state index contributed by atoms with van der Waals surface area (Å²) < 4.78 is 2.69. The van der Waals surface area contributed by atoms with Crippen LogP contribution in [0.5, 0.6) is 0 Å². The number of benzene rings is 7. The first-order chi connectivity index (χ1) is 18.7. The first kappa shape index (κ1) is 21.6. The normalized spacial score (nSPS) is 11.8. The predicted octanol–water partition coefficient (Wildman–Crippen LogP) is 11.2. The summed E-state index contributed by atoms with van der Waals surface area (Å²) in [6.07, 6.45) is 0. The SMILES string of the molecule is Cc1cc(-c2ccc3c(c2)sc2ccccc23)cc(-c2ccc3c4ccccc4c4ccccc4c3c2)c1. The van der Waals surface area contributed by atoms with Crippen molar-refractivity contribution in [2.75, 3.05) is 0 Å². The second-order valence-electron chi connectivity index (χ2n) is 10.2. The van der Waals surface area contributed by atoms with Gasteiger partial charge in [0.15, 0.2) is 0 Å². The minimum Gasteiger partial charge on any atom is -0.135 e. The van der Waals surface area contributed by atoms with Gasteiger partial charge in [-0.15, -0.1) is 11.3 Å². The molecule has 0 nitrogen and oxygen atoms in total. The fraction of sp³-hybridized carbons (Fsp3) is 0.0270. The van der Waals surface area contributed by atoms with Crippen LogP contribution in [0.4, 0.5) is 0 Å². The van der Waals surface area contributed by atoms with E-state index < -0.39 is 0 Å². The summed E-state index contributed by atoms with van der Waals surface area (Å²) in [4.78, 5) is 0. The molecule has 0 amide bonds. The van der Waals surface area contributed by atoms with Gasteiger partial charge in [-0.2, -0.15) is 0 Å². The van der Waals surface area contributed by atoms with Crippen molar-refractivity contribution in [3.63, 3.8) is 0 Å². The Morgan fingerprint density at radius 3 is 1.47 bits per heavy atom. The standard InChI is InChI=1S/C37H24S/c1-23-18-26(20-27(19-23)25-15-17-34-33-12-6-7-13-36(33)38-37(34)22-25)24-14-16-32-30-10-3-2-8-28(30)29-9-4-5-11-31(29)35(32)21-24/h2-22H,1H3. The summed E-state index contributed by atoms with van der Waals surface area (Å²) in [5, 5.41) is 10.6. The largest absolute Gasteiger partial charge is 0.135 e. The fourth-order valence-corrected chi connectivity index (χ4v) is 7.25. The highest BCUT2D eigenvalue weighted by Crippen LogP contribution is 2.39. The molecule has 0 aliphatic carbocycles. The van der Waals surface area contributed by atoms with Crippen LogP contribution in [0.3, 0.4) is 0 Å². The lowest BCUT2D eigenvalue weighted by Gasteiger charge is -2.13. The van der Waals surface area contributed by atoms with Crippen molar-refractivity contribution in [1.29, 1.82) is 0 Å². The van der Waals surface area contributed by atoms with Gasteiger partial charge in [-0.05, 0) is 91.3 Å². The fourth-order valence-electron chi connectivity index (χ4n) is 6.11. The molecule has 0 fully saturated rings. The third-order valence-corrected chi connectivity index (χ3v) is 9.00. The van der Waals surface area contributed by atoms with Gasteiger partial charge in [-0.3, -0.25) is 0 Å². The lowest BCUT2D eigenvalue weighted by atomic mass is 9.91. The molecule has 7 aromatic carbocycles. The molecular formula is C37H24S. The maximum Gasteiger partial charge on any atom is 0.0361 e. The Balaban J connectivity index is 1.32. The first-order valence-electron chi connectivity index (χ1n) is 13.1. The molecular weight excluding hydrogens is 476 g/mol. The van der Waals surface area contributed by atoms with E-state index in [9.17, 15) is 0 Å². The molecule has 8 aromatic rings. The van der Waals surface area contributed by atoms with Crippen LogP contribution in [0.1, 0.15) is 5.56 Å². The van der Waals surface area contributed by atoms with E-state index in [0.717, 1.165) is 0 Å². The average Bonchev–Trinajstić information content (AvgIpc) is 3.35. The number of rotatable bonds is 2. The van der Waals surface area contributed by atoms with Gasteiger partial charge in [-0.25, -0.2) is 0 Å². The molecule has 178 valence electrons. The molecule has 0 saturated carbocycles. The Kier molecular flexibility index (Phi) is 4.71. The Morgan fingerprint density at radius 2 is 0.816 bits per heavy atom. The molecule has 0 aliphatic rings. The zero-order valence-corrected chi connectivity index (χ0v) is 21.8. The Bertz CT molecular complexity index is 2160. The van der Waals surface area contributed by atoms with Crippen LogP contribution >= 0.6 is 11.3 Å². The summed E-state index contributed by atoms with van der Waals surface area (Å²) in [6.45, 7) is 2.20. The van der Waals surface area contributed by atoms with Crippen molar-refractivity contribution in [1.82, 2.24) is 0 Å². The molecule has 1 heteroatoms. The van der Waals surface area contributed by atoms with Gasteiger partial charge in [0, 0.05) is 20.2 Å². The second-order valence-corrected chi connectivity index (χ2v) is 11.3. The zero-order chi connectivity index (χ0) is 25.2. The van der Waals surface area contributed by atoms with Crippen molar-refractivity contribution in [3.8, 4) is 22.3 Å². The Morgan fingerprint density at radius 1 is 0.342 bits per heavy atom. The summed E-state index contributed by atoms with van der Waals surface area (Å²) in [7, 11) is 0. The van der Waals surface area contributed by atoms with E-state index >= 15 is 0 Å². The monoisotopic (exact) mass is 500 g/mol. The van der Waals surface area contributed by atoms with Crippen molar-refractivity contribution in [2.24, 2.45) is 0 Å². The molecule has 0 aliphatic heterocycles. The Labute approximate surface area is 225 Å². The van der Waals surface area contributed by atoms with Crippen molar-refractivity contribution < 1.29 is 0 Å². The van der Waals surface area contributed by atoms with Crippen LogP contribution in [0.2, 0.25) is 0 Å². The van der Waals surface area contributed by atoms with Crippen LogP contribution in [0, 0.1) is 6.92 Å². The van der Waals surface area contributed by atoms with Gasteiger partial charge >= 0.3 is 0 Å². The Hall–Kier alpha value is -4.46. The van der Waals surface area contributed by atoms with Crippen LogP contribution in [-0.2, 0) is 0 Å². The summed E-state index contributed by atoms with van der Waals surface area (Å²) in [6, 6.07) is 47.2. The van der Waals surface area contributed by atoms with E-state index in [1.807, 2.05) is 11.3 Å². The predicted molar refractivity (Wildman–Crippen MR) is 167 cm³/mol. The van der Waals surface area contributed by atoms with E-state index in [1.54, 1.807) is 0 Å². The molecule has 0 atom stereocenters. The lowest BCUT2D eigenvalue weighted by molar-refractivity contribution is 1.46. The molecule has 0 saturated heterocycles. The minimum absolute atomic E-state index is 1.26. The second kappa shape index (κ2) is 8.28. The molecule has 0 radical (unpaired) electrons.